The maximum absolute atomic E-state index is 10.8. The topological polar surface area (TPSA) is 49.3 Å². The molecule has 2 N–H and O–H groups in total. The van der Waals surface area contributed by atoms with Crippen LogP contribution in [-0.4, -0.2) is 24.2 Å². The van der Waals surface area contributed by atoms with Crippen molar-refractivity contribution in [2.24, 2.45) is 17.3 Å². The maximum Gasteiger partial charge on any atom is 0.303 e. The van der Waals surface area contributed by atoms with E-state index >= 15 is 0 Å². The van der Waals surface area contributed by atoms with Gasteiger partial charge in [-0.3, -0.25) is 4.79 Å². The number of carboxylic acids is 1. The van der Waals surface area contributed by atoms with Crippen LogP contribution in [0, 0.1) is 17.3 Å². The normalized spacial score (nSPS) is 33.8. The van der Waals surface area contributed by atoms with Crippen molar-refractivity contribution < 1.29 is 9.90 Å². The van der Waals surface area contributed by atoms with E-state index in [1.807, 2.05) is 0 Å². The molecule has 0 aromatic rings. The van der Waals surface area contributed by atoms with Gasteiger partial charge in [0, 0.05) is 6.42 Å². The Kier molecular flexibility index (Phi) is 3.53. The van der Waals surface area contributed by atoms with Crippen LogP contribution in [0.1, 0.15) is 45.4 Å². The van der Waals surface area contributed by atoms with Crippen LogP contribution < -0.4 is 5.32 Å². The van der Waals surface area contributed by atoms with Crippen LogP contribution in [0.4, 0.5) is 0 Å². The van der Waals surface area contributed by atoms with Crippen molar-refractivity contribution in [1.29, 1.82) is 0 Å². The summed E-state index contributed by atoms with van der Waals surface area (Å²) >= 11 is 0. The molecule has 2 atom stereocenters. The molecule has 1 saturated heterocycles. The summed E-state index contributed by atoms with van der Waals surface area (Å²) in [6, 6.07) is 0. The SMILES string of the molecule is CC1CC2(CCNCC2)CCC1CC(=O)O. The highest BCUT2D eigenvalue weighted by Gasteiger charge is 2.39. The fourth-order valence-electron chi connectivity index (χ4n) is 3.67. The maximum atomic E-state index is 10.8. The molecule has 1 heterocycles. The van der Waals surface area contributed by atoms with E-state index in [1.165, 1.54) is 25.7 Å². The lowest BCUT2D eigenvalue weighted by Crippen LogP contribution is -2.41. The molecular weight excluding hydrogens is 202 g/mol. The Morgan fingerprint density at radius 1 is 1.38 bits per heavy atom. The highest BCUT2D eigenvalue weighted by Crippen LogP contribution is 2.48. The molecule has 0 aromatic heterocycles. The molecule has 0 bridgehead atoms. The molecule has 16 heavy (non-hydrogen) atoms. The average Bonchev–Trinajstić information content (AvgIpc) is 2.23. The molecule has 1 aliphatic carbocycles. The third-order valence-corrected chi connectivity index (χ3v) is 4.71. The molecule has 3 heteroatoms. The van der Waals surface area contributed by atoms with Crippen molar-refractivity contribution in [1.82, 2.24) is 5.32 Å². The van der Waals surface area contributed by atoms with Gasteiger partial charge in [-0.15, -0.1) is 0 Å². The molecule has 1 saturated carbocycles. The minimum absolute atomic E-state index is 0.371. The molecule has 0 aromatic carbocycles. The van der Waals surface area contributed by atoms with Gasteiger partial charge in [-0.05, 0) is 62.4 Å². The predicted octanol–water partition coefficient (Wildman–Crippen LogP) is 2.27. The van der Waals surface area contributed by atoms with Crippen LogP contribution in [0.3, 0.4) is 0 Å². The van der Waals surface area contributed by atoms with Crippen molar-refractivity contribution in [3.05, 3.63) is 0 Å². The number of hydrogen-bond acceptors (Lipinski definition) is 2. The van der Waals surface area contributed by atoms with Crippen molar-refractivity contribution in [3.8, 4) is 0 Å². The Bertz CT molecular complexity index is 259. The molecule has 0 amide bonds. The number of rotatable bonds is 2. The largest absolute Gasteiger partial charge is 0.481 e. The number of carboxylic acid groups (broad SMARTS) is 1. The van der Waals surface area contributed by atoms with Crippen molar-refractivity contribution in [2.45, 2.75) is 45.4 Å². The molecule has 2 rings (SSSR count). The predicted molar refractivity (Wildman–Crippen MR) is 63.3 cm³/mol. The van der Waals surface area contributed by atoms with E-state index in [-0.39, 0.29) is 0 Å². The van der Waals surface area contributed by atoms with Gasteiger partial charge in [0.25, 0.3) is 0 Å². The summed E-state index contributed by atoms with van der Waals surface area (Å²) in [4.78, 5) is 10.8. The van der Waals surface area contributed by atoms with Gasteiger partial charge in [0.1, 0.15) is 0 Å². The van der Waals surface area contributed by atoms with E-state index in [1.54, 1.807) is 0 Å². The molecular formula is C13H23NO2. The zero-order valence-electron chi connectivity index (χ0n) is 10.2. The van der Waals surface area contributed by atoms with Gasteiger partial charge < -0.3 is 10.4 Å². The summed E-state index contributed by atoms with van der Waals surface area (Å²) in [5.41, 5.74) is 0.541. The molecule has 0 radical (unpaired) electrons. The van der Waals surface area contributed by atoms with Gasteiger partial charge >= 0.3 is 5.97 Å². The van der Waals surface area contributed by atoms with Crippen LogP contribution >= 0.6 is 0 Å². The molecule has 92 valence electrons. The molecule has 2 aliphatic rings. The average molecular weight is 225 g/mol. The van der Waals surface area contributed by atoms with E-state index in [0.717, 1.165) is 19.5 Å². The van der Waals surface area contributed by atoms with Gasteiger partial charge in [0.2, 0.25) is 0 Å². The van der Waals surface area contributed by atoms with Crippen LogP contribution in [0.5, 0.6) is 0 Å². The first-order valence-corrected chi connectivity index (χ1v) is 6.54. The number of aliphatic carboxylic acids is 1. The zero-order valence-corrected chi connectivity index (χ0v) is 10.2. The summed E-state index contributed by atoms with van der Waals surface area (Å²) < 4.78 is 0. The molecule has 1 aliphatic heterocycles. The van der Waals surface area contributed by atoms with Crippen LogP contribution in [0.2, 0.25) is 0 Å². The summed E-state index contributed by atoms with van der Waals surface area (Å²) in [6.07, 6.45) is 6.56. The lowest BCUT2D eigenvalue weighted by molar-refractivity contribution is -0.139. The first-order valence-electron chi connectivity index (χ1n) is 6.54. The molecule has 3 nitrogen and oxygen atoms in total. The minimum atomic E-state index is -0.627. The van der Waals surface area contributed by atoms with Gasteiger partial charge in [-0.2, -0.15) is 0 Å². The van der Waals surface area contributed by atoms with Crippen molar-refractivity contribution in [3.63, 3.8) is 0 Å². The molecule has 2 unspecified atom stereocenters. The van der Waals surface area contributed by atoms with Gasteiger partial charge in [0.05, 0.1) is 0 Å². The van der Waals surface area contributed by atoms with Gasteiger partial charge in [0.15, 0.2) is 0 Å². The standard InChI is InChI=1S/C13H23NO2/c1-10-9-13(4-6-14-7-5-13)3-2-11(10)8-12(15)16/h10-11,14H,2-9H2,1H3,(H,15,16). The van der Waals surface area contributed by atoms with E-state index in [0.29, 0.717) is 23.7 Å². The monoisotopic (exact) mass is 225 g/mol. The number of nitrogens with one attached hydrogen (secondary N) is 1. The molecule has 2 fully saturated rings. The first-order chi connectivity index (χ1) is 7.61. The zero-order chi connectivity index (χ0) is 11.6. The van der Waals surface area contributed by atoms with E-state index in [9.17, 15) is 4.79 Å². The lowest BCUT2D eigenvalue weighted by Gasteiger charge is -2.46. The summed E-state index contributed by atoms with van der Waals surface area (Å²) in [7, 11) is 0. The number of hydrogen-bond donors (Lipinski definition) is 2. The smallest absolute Gasteiger partial charge is 0.303 e. The number of piperidine rings is 1. The Morgan fingerprint density at radius 3 is 2.62 bits per heavy atom. The van der Waals surface area contributed by atoms with Crippen LogP contribution in [0.15, 0.2) is 0 Å². The summed E-state index contributed by atoms with van der Waals surface area (Å²) in [5, 5.41) is 12.3. The highest BCUT2D eigenvalue weighted by molar-refractivity contribution is 5.67. The third-order valence-electron chi connectivity index (χ3n) is 4.71. The third kappa shape index (κ3) is 2.57. The Balaban J connectivity index is 1.93. The number of carbonyl (C=O) groups is 1. The summed E-state index contributed by atoms with van der Waals surface area (Å²) in [5.74, 6) is 0.374. The Labute approximate surface area is 97.6 Å². The second-order valence-electron chi connectivity index (χ2n) is 5.83. The fraction of sp³-hybridized carbons (Fsp3) is 0.923. The molecule has 1 spiro atoms. The van der Waals surface area contributed by atoms with Gasteiger partial charge in [-0.1, -0.05) is 6.92 Å². The highest BCUT2D eigenvalue weighted by atomic mass is 16.4. The second-order valence-corrected chi connectivity index (χ2v) is 5.83. The van der Waals surface area contributed by atoms with Gasteiger partial charge in [-0.25, -0.2) is 0 Å². The fourth-order valence-corrected chi connectivity index (χ4v) is 3.67. The lowest BCUT2D eigenvalue weighted by atomic mass is 9.61. The van der Waals surface area contributed by atoms with Crippen LogP contribution in [0.25, 0.3) is 0 Å². The van der Waals surface area contributed by atoms with Crippen molar-refractivity contribution >= 4 is 5.97 Å². The first kappa shape index (κ1) is 11.9. The quantitative estimate of drug-likeness (QED) is 0.758. The van der Waals surface area contributed by atoms with Crippen molar-refractivity contribution in [2.75, 3.05) is 13.1 Å². The van der Waals surface area contributed by atoms with E-state index in [2.05, 4.69) is 12.2 Å². The van der Waals surface area contributed by atoms with E-state index in [4.69, 9.17) is 5.11 Å². The Hall–Kier alpha value is -0.570. The van der Waals surface area contributed by atoms with Crippen LogP contribution in [-0.2, 0) is 4.79 Å². The van der Waals surface area contributed by atoms with E-state index < -0.39 is 5.97 Å². The summed E-state index contributed by atoms with van der Waals surface area (Å²) in [6.45, 7) is 4.54. The minimum Gasteiger partial charge on any atom is -0.481 e. The Morgan fingerprint density at radius 2 is 2.06 bits per heavy atom. The second kappa shape index (κ2) is 4.74.